The number of hydrogen-bond donors (Lipinski definition) is 1. The van der Waals surface area contributed by atoms with Crippen molar-refractivity contribution in [3.8, 4) is 0 Å². The van der Waals surface area contributed by atoms with E-state index in [-0.39, 0.29) is 0 Å². The lowest BCUT2D eigenvalue weighted by Gasteiger charge is -2.09. The zero-order chi connectivity index (χ0) is 10.8. The van der Waals surface area contributed by atoms with Crippen molar-refractivity contribution in [1.29, 1.82) is 0 Å². The number of hydrogen-bond acceptors (Lipinski definition) is 3. The second-order valence-electron chi connectivity index (χ2n) is 4.82. The molecule has 0 radical (unpaired) electrons. The van der Waals surface area contributed by atoms with Crippen molar-refractivity contribution in [3.63, 3.8) is 0 Å². The highest BCUT2D eigenvalue weighted by Gasteiger charge is 2.31. The highest BCUT2D eigenvalue weighted by molar-refractivity contribution is 4.88. The van der Waals surface area contributed by atoms with Crippen LogP contribution in [0.4, 0.5) is 0 Å². The molecule has 0 amide bonds. The smallest absolute Gasteiger partial charge is 0.141 e. The Labute approximate surface area is 91.1 Å². The average molecular weight is 208 g/mol. The number of nitrogens with one attached hydrogen (secondary N) is 1. The minimum Gasteiger partial charge on any atom is -0.310 e. The zero-order valence-electron chi connectivity index (χ0n) is 9.77. The van der Waals surface area contributed by atoms with Gasteiger partial charge in [0.25, 0.3) is 0 Å². The molecule has 2 atom stereocenters. The first kappa shape index (κ1) is 10.6. The Morgan fingerprint density at radius 1 is 1.60 bits per heavy atom. The van der Waals surface area contributed by atoms with Gasteiger partial charge >= 0.3 is 0 Å². The van der Waals surface area contributed by atoms with Crippen LogP contribution in [-0.4, -0.2) is 21.3 Å². The highest BCUT2D eigenvalue weighted by atomic mass is 15.3. The minimum atomic E-state index is 0.393. The van der Waals surface area contributed by atoms with Crippen LogP contribution in [0.3, 0.4) is 0 Å². The molecule has 1 fully saturated rings. The van der Waals surface area contributed by atoms with Crippen LogP contribution in [0, 0.1) is 11.8 Å². The van der Waals surface area contributed by atoms with Crippen LogP contribution < -0.4 is 5.32 Å². The first-order chi connectivity index (χ1) is 7.18. The van der Waals surface area contributed by atoms with E-state index < -0.39 is 0 Å². The molecule has 0 bridgehead atoms. The second kappa shape index (κ2) is 4.31. The first-order valence-electron chi connectivity index (χ1n) is 5.77. The molecule has 1 aliphatic carbocycles. The molecule has 0 aromatic carbocycles. The number of nitrogens with zero attached hydrogens (tertiary/aromatic N) is 3. The molecule has 1 aromatic rings. The third-order valence-electron chi connectivity index (χ3n) is 3.10. The van der Waals surface area contributed by atoms with Gasteiger partial charge in [0.1, 0.15) is 12.2 Å². The third kappa shape index (κ3) is 2.56. The van der Waals surface area contributed by atoms with Crippen molar-refractivity contribution in [3.05, 3.63) is 12.2 Å². The van der Waals surface area contributed by atoms with Gasteiger partial charge in [-0.15, -0.1) is 0 Å². The monoisotopic (exact) mass is 208 g/mol. The van der Waals surface area contributed by atoms with Crippen LogP contribution in [0.1, 0.15) is 39.1 Å². The summed E-state index contributed by atoms with van der Waals surface area (Å²) in [6.45, 7) is 8.51. The summed E-state index contributed by atoms with van der Waals surface area (Å²) in [5.74, 6) is 2.85. The summed E-state index contributed by atoms with van der Waals surface area (Å²) < 4.78 is 1.98. The van der Waals surface area contributed by atoms with E-state index in [0.29, 0.717) is 6.04 Å². The number of rotatable bonds is 5. The van der Waals surface area contributed by atoms with Crippen molar-refractivity contribution >= 4 is 0 Å². The molecule has 4 heteroatoms. The predicted octanol–water partition coefficient (Wildman–Crippen LogP) is 1.60. The van der Waals surface area contributed by atoms with Crippen molar-refractivity contribution in [2.24, 2.45) is 11.8 Å². The van der Waals surface area contributed by atoms with Crippen molar-refractivity contribution < 1.29 is 0 Å². The molecule has 1 saturated carbocycles. The first-order valence-corrected chi connectivity index (χ1v) is 5.77. The van der Waals surface area contributed by atoms with Gasteiger partial charge in [-0.3, -0.25) is 0 Å². The zero-order valence-corrected chi connectivity index (χ0v) is 9.77. The molecule has 1 heterocycles. The van der Waals surface area contributed by atoms with Gasteiger partial charge in [-0.1, -0.05) is 6.92 Å². The maximum absolute atomic E-state index is 4.26. The highest BCUT2D eigenvalue weighted by Crippen LogP contribution is 2.36. The maximum atomic E-state index is 4.26. The van der Waals surface area contributed by atoms with Crippen LogP contribution in [-0.2, 0) is 6.54 Å². The van der Waals surface area contributed by atoms with E-state index in [2.05, 4.69) is 36.2 Å². The van der Waals surface area contributed by atoms with Crippen LogP contribution in [0.2, 0.25) is 0 Å². The molecule has 84 valence electrons. The number of aromatic nitrogens is 3. The summed E-state index contributed by atoms with van der Waals surface area (Å²) in [5, 5.41) is 7.66. The molecule has 2 rings (SSSR count). The van der Waals surface area contributed by atoms with Gasteiger partial charge in [0, 0.05) is 6.04 Å². The fraction of sp³-hybridized carbons (Fsp3) is 0.818. The van der Waals surface area contributed by atoms with Crippen molar-refractivity contribution in [2.75, 3.05) is 6.54 Å². The summed E-state index contributed by atoms with van der Waals surface area (Å²) in [6.07, 6.45) is 3.01. The summed E-state index contributed by atoms with van der Waals surface area (Å²) in [4.78, 5) is 4.26. The Hall–Kier alpha value is -0.900. The Balaban J connectivity index is 1.79. The summed E-state index contributed by atoms with van der Waals surface area (Å²) >= 11 is 0. The minimum absolute atomic E-state index is 0.393. The van der Waals surface area contributed by atoms with Gasteiger partial charge in [0.15, 0.2) is 0 Å². The lowest BCUT2D eigenvalue weighted by atomic mass is 10.3. The quantitative estimate of drug-likeness (QED) is 0.799. The molecule has 1 aliphatic rings. The summed E-state index contributed by atoms with van der Waals surface area (Å²) in [7, 11) is 0. The van der Waals surface area contributed by atoms with E-state index in [0.717, 1.165) is 30.7 Å². The summed E-state index contributed by atoms with van der Waals surface area (Å²) in [6, 6.07) is 0.393. The maximum Gasteiger partial charge on any atom is 0.141 e. The van der Waals surface area contributed by atoms with E-state index in [9.17, 15) is 0 Å². The standard InChI is InChI=1S/C11H20N4/c1-8(2)15-11(13-7-14-15)6-12-5-10-4-9(10)3/h7-10,12H,4-6H2,1-3H3. The fourth-order valence-corrected chi connectivity index (χ4v) is 1.88. The largest absolute Gasteiger partial charge is 0.310 e. The lowest BCUT2D eigenvalue weighted by Crippen LogP contribution is -2.20. The van der Waals surface area contributed by atoms with E-state index in [1.165, 1.54) is 6.42 Å². The molecule has 0 aliphatic heterocycles. The van der Waals surface area contributed by atoms with E-state index in [1.807, 2.05) is 4.68 Å². The van der Waals surface area contributed by atoms with E-state index in [4.69, 9.17) is 0 Å². The normalized spacial score (nSPS) is 24.8. The molecular formula is C11H20N4. The topological polar surface area (TPSA) is 42.7 Å². The third-order valence-corrected chi connectivity index (χ3v) is 3.10. The molecule has 0 spiro atoms. The van der Waals surface area contributed by atoms with Gasteiger partial charge in [0.2, 0.25) is 0 Å². The van der Waals surface area contributed by atoms with Gasteiger partial charge in [0.05, 0.1) is 6.54 Å². The molecule has 4 nitrogen and oxygen atoms in total. The molecule has 0 saturated heterocycles. The van der Waals surface area contributed by atoms with Crippen LogP contribution in [0.15, 0.2) is 6.33 Å². The molecule has 1 aromatic heterocycles. The van der Waals surface area contributed by atoms with Gasteiger partial charge in [-0.2, -0.15) is 5.10 Å². The van der Waals surface area contributed by atoms with E-state index in [1.54, 1.807) is 6.33 Å². The predicted molar refractivity (Wildman–Crippen MR) is 59.4 cm³/mol. The molecule has 1 N–H and O–H groups in total. The van der Waals surface area contributed by atoms with Crippen LogP contribution >= 0.6 is 0 Å². The Morgan fingerprint density at radius 2 is 2.33 bits per heavy atom. The van der Waals surface area contributed by atoms with Gasteiger partial charge in [-0.25, -0.2) is 9.67 Å². The Kier molecular flexibility index (Phi) is 3.05. The molecule has 15 heavy (non-hydrogen) atoms. The van der Waals surface area contributed by atoms with E-state index >= 15 is 0 Å². The van der Waals surface area contributed by atoms with Gasteiger partial charge in [-0.05, 0) is 38.6 Å². The van der Waals surface area contributed by atoms with Crippen molar-refractivity contribution in [1.82, 2.24) is 20.1 Å². The molecular weight excluding hydrogens is 188 g/mol. The van der Waals surface area contributed by atoms with Crippen molar-refractivity contribution in [2.45, 2.75) is 39.8 Å². The molecule has 2 unspecified atom stereocenters. The average Bonchev–Trinajstić information content (AvgIpc) is 2.71. The van der Waals surface area contributed by atoms with Gasteiger partial charge < -0.3 is 5.32 Å². The van der Waals surface area contributed by atoms with Crippen LogP contribution in [0.5, 0.6) is 0 Å². The second-order valence-corrected chi connectivity index (χ2v) is 4.82. The lowest BCUT2D eigenvalue weighted by molar-refractivity contribution is 0.485. The Bertz CT molecular complexity index is 318. The summed E-state index contributed by atoms with van der Waals surface area (Å²) in [5.41, 5.74) is 0. The van der Waals surface area contributed by atoms with Crippen LogP contribution in [0.25, 0.3) is 0 Å². The SMILES string of the molecule is CC1CC1CNCc1ncnn1C(C)C. The Morgan fingerprint density at radius 3 is 2.93 bits per heavy atom. The fourth-order valence-electron chi connectivity index (χ4n) is 1.88.